The van der Waals surface area contributed by atoms with Crippen molar-refractivity contribution in [3.8, 4) is 6.07 Å². The molecule has 0 radical (unpaired) electrons. The van der Waals surface area contributed by atoms with Gasteiger partial charge in [0.05, 0.1) is 18.5 Å². The van der Waals surface area contributed by atoms with Crippen LogP contribution in [-0.4, -0.2) is 53.0 Å². The molecule has 4 saturated carbocycles. The summed E-state index contributed by atoms with van der Waals surface area (Å²) >= 11 is 1.66. The smallest absolute Gasteiger partial charge is 0.238 e. The van der Waals surface area contributed by atoms with Gasteiger partial charge in [-0.25, -0.2) is 0 Å². The maximum atomic E-state index is 12.9. The molecule has 32 heavy (non-hydrogen) atoms. The molecule has 4 aliphatic carbocycles. The first-order valence-corrected chi connectivity index (χ1v) is 13.1. The normalized spacial score (nSPS) is 37.5. The van der Waals surface area contributed by atoms with Crippen LogP contribution in [-0.2, 0) is 15.0 Å². The zero-order valence-corrected chi connectivity index (χ0v) is 19.2. The van der Waals surface area contributed by atoms with Crippen LogP contribution in [0.4, 0.5) is 5.69 Å². The Kier molecular flexibility index (Phi) is 4.82. The van der Waals surface area contributed by atoms with E-state index < -0.39 is 0 Å². The fourth-order valence-electron chi connectivity index (χ4n) is 7.58. The van der Waals surface area contributed by atoms with Crippen molar-refractivity contribution >= 4 is 29.3 Å². The van der Waals surface area contributed by atoms with Crippen molar-refractivity contribution in [3.05, 3.63) is 29.8 Å². The highest BCUT2D eigenvalue weighted by Crippen LogP contribution is 2.66. The highest BCUT2D eigenvalue weighted by Gasteiger charge is 2.64. The Balaban J connectivity index is 1.18. The number of carbonyl (C=O) groups is 2. The Bertz CT molecular complexity index is 991. The molecule has 0 aromatic heterocycles. The number of nitrogens with one attached hydrogen (secondary N) is 1. The van der Waals surface area contributed by atoms with Gasteiger partial charge in [0.15, 0.2) is 0 Å². The highest BCUT2D eigenvalue weighted by molar-refractivity contribution is 7.99. The highest BCUT2D eigenvalue weighted by atomic mass is 32.2. The van der Waals surface area contributed by atoms with Gasteiger partial charge >= 0.3 is 0 Å². The van der Waals surface area contributed by atoms with Crippen molar-refractivity contribution in [2.45, 2.75) is 61.9 Å². The lowest BCUT2D eigenvalue weighted by Gasteiger charge is -2.42. The minimum absolute atomic E-state index is 0.0528. The van der Waals surface area contributed by atoms with E-state index in [0.717, 1.165) is 36.7 Å². The van der Waals surface area contributed by atoms with Crippen LogP contribution in [0.1, 0.15) is 50.5 Å². The van der Waals surface area contributed by atoms with Crippen molar-refractivity contribution in [2.75, 3.05) is 29.6 Å². The van der Waals surface area contributed by atoms with Crippen LogP contribution in [0.2, 0.25) is 0 Å². The molecule has 2 aliphatic heterocycles. The monoisotopic (exact) mass is 450 g/mol. The summed E-state index contributed by atoms with van der Waals surface area (Å²) in [6, 6.07) is 10.8. The summed E-state index contributed by atoms with van der Waals surface area (Å²) in [5.41, 5.74) is 2.67. The van der Waals surface area contributed by atoms with E-state index in [0.29, 0.717) is 24.8 Å². The lowest BCUT2D eigenvalue weighted by molar-refractivity contribution is -0.130. The number of anilines is 1. The summed E-state index contributed by atoms with van der Waals surface area (Å²) in [5, 5.41) is 13.1. The van der Waals surface area contributed by atoms with Crippen LogP contribution in [0.25, 0.3) is 0 Å². The summed E-state index contributed by atoms with van der Waals surface area (Å²) in [7, 11) is 0. The van der Waals surface area contributed by atoms with Gasteiger partial charge in [0.25, 0.3) is 0 Å². The number of benzene rings is 1. The number of amides is 2. The van der Waals surface area contributed by atoms with Gasteiger partial charge in [-0.3, -0.25) is 9.59 Å². The predicted molar refractivity (Wildman–Crippen MR) is 124 cm³/mol. The molecule has 168 valence electrons. The Hall–Kier alpha value is -2.04. The van der Waals surface area contributed by atoms with Gasteiger partial charge in [-0.05, 0) is 73.5 Å². The third-order valence-electron chi connectivity index (χ3n) is 8.83. The third kappa shape index (κ3) is 3.10. The lowest BCUT2D eigenvalue weighted by atomic mass is 9.65. The van der Waals surface area contributed by atoms with E-state index in [1.807, 2.05) is 4.90 Å². The lowest BCUT2D eigenvalue weighted by Crippen LogP contribution is -2.52. The molecule has 1 aromatic carbocycles. The molecule has 4 bridgehead atoms. The zero-order valence-electron chi connectivity index (χ0n) is 18.4. The van der Waals surface area contributed by atoms with Gasteiger partial charge < -0.3 is 15.1 Å². The number of rotatable bonds is 5. The summed E-state index contributed by atoms with van der Waals surface area (Å²) in [4.78, 5) is 28.6. The fraction of sp³-hybridized carbons (Fsp3) is 0.640. The van der Waals surface area contributed by atoms with Crippen molar-refractivity contribution in [2.24, 2.45) is 11.8 Å². The van der Waals surface area contributed by atoms with E-state index in [4.69, 9.17) is 0 Å². The summed E-state index contributed by atoms with van der Waals surface area (Å²) < 4.78 is 0. The van der Waals surface area contributed by atoms with Crippen molar-refractivity contribution in [3.63, 3.8) is 0 Å². The van der Waals surface area contributed by atoms with Gasteiger partial charge in [-0.15, -0.1) is 11.8 Å². The molecule has 4 unspecified atom stereocenters. The van der Waals surface area contributed by atoms with Crippen LogP contribution in [0, 0.1) is 23.2 Å². The molecule has 5 atom stereocenters. The number of carbonyl (C=O) groups excluding carboxylic acids is 2. The first-order chi connectivity index (χ1) is 15.5. The summed E-state index contributed by atoms with van der Waals surface area (Å²) in [5.74, 6) is 3.00. The molecule has 7 heteroatoms. The minimum Gasteiger partial charge on any atom is -0.315 e. The second kappa shape index (κ2) is 7.50. The Morgan fingerprint density at radius 3 is 2.84 bits per heavy atom. The molecule has 2 heterocycles. The molecule has 7 rings (SSSR count). The first-order valence-electron chi connectivity index (χ1n) is 11.9. The Labute approximate surface area is 193 Å². The molecule has 6 fully saturated rings. The SMILES string of the molecule is N#C[C@@H]1CSCN1C(=O)CNC12CC3CC1CC(c1ccc(N4CCCC4=O)cc1)(C3)C2. The van der Waals surface area contributed by atoms with Crippen LogP contribution >= 0.6 is 11.8 Å². The Morgan fingerprint density at radius 1 is 1.25 bits per heavy atom. The minimum atomic E-state index is -0.282. The van der Waals surface area contributed by atoms with E-state index in [2.05, 4.69) is 35.7 Å². The van der Waals surface area contributed by atoms with Crippen LogP contribution in [0.15, 0.2) is 24.3 Å². The van der Waals surface area contributed by atoms with E-state index >= 15 is 0 Å². The van der Waals surface area contributed by atoms with Gasteiger partial charge in [0.1, 0.15) is 6.04 Å². The van der Waals surface area contributed by atoms with Crippen molar-refractivity contribution in [1.82, 2.24) is 10.2 Å². The van der Waals surface area contributed by atoms with Gasteiger partial charge in [-0.2, -0.15) is 5.26 Å². The maximum absolute atomic E-state index is 12.9. The summed E-state index contributed by atoms with van der Waals surface area (Å²) in [6.45, 7) is 1.17. The third-order valence-corrected chi connectivity index (χ3v) is 9.84. The van der Waals surface area contributed by atoms with Crippen LogP contribution in [0.5, 0.6) is 0 Å². The average molecular weight is 451 g/mol. The van der Waals surface area contributed by atoms with E-state index in [-0.39, 0.29) is 28.8 Å². The zero-order chi connectivity index (χ0) is 21.9. The molecular formula is C25H30N4O2S. The van der Waals surface area contributed by atoms with Crippen molar-refractivity contribution < 1.29 is 9.59 Å². The van der Waals surface area contributed by atoms with Gasteiger partial charge in [0, 0.05) is 29.9 Å². The van der Waals surface area contributed by atoms with E-state index in [1.165, 1.54) is 31.2 Å². The number of nitriles is 1. The maximum Gasteiger partial charge on any atom is 0.238 e. The molecule has 1 N–H and O–H groups in total. The number of thioether (sulfide) groups is 1. The standard InChI is InChI=1S/C25H30N4O2S/c26-12-21-14-32-16-29(21)23(31)13-27-25-10-17-8-19(25)11-24(9-17,15-25)18-3-5-20(6-4-18)28-7-1-2-22(28)30/h3-6,17,19,21,27H,1-2,7-11,13-16H2/t17?,19?,21-,24?,25?/m1/s1. The average Bonchev–Trinajstić information content (AvgIpc) is 3.54. The molecule has 0 spiro atoms. The topological polar surface area (TPSA) is 76.4 Å². The van der Waals surface area contributed by atoms with Gasteiger partial charge in [-0.1, -0.05) is 12.1 Å². The van der Waals surface area contributed by atoms with Crippen LogP contribution < -0.4 is 10.2 Å². The second-order valence-corrected chi connectivity index (χ2v) is 11.6. The van der Waals surface area contributed by atoms with Crippen LogP contribution in [0.3, 0.4) is 0 Å². The van der Waals surface area contributed by atoms with Crippen molar-refractivity contribution in [1.29, 1.82) is 5.26 Å². The summed E-state index contributed by atoms with van der Waals surface area (Å²) in [6.07, 6.45) is 7.56. The number of hydrogen-bond donors (Lipinski definition) is 1. The first kappa shape index (κ1) is 20.6. The Morgan fingerprint density at radius 2 is 2.09 bits per heavy atom. The number of nitrogens with zero attached hydrogens (tertiary/aromatic N) is 3. The molecule has 2 amide bonds. The molecule has 1 aromatic rings. The number of hydrogen-bond acceptors (Lipinski definition) is 5. The van der Waals surface area contributed by atoms with E-state index in [1.54, 1.807) is 16.7 Å². The molecule has 6 nitrogen and oxygen atoms in total. The molecular weight excluding hydrogens is 420 g/mol. The quantitative estimate of drug-likeness (QED) is 0.746. The fourth-order valence-corrected chi connectivity index (χ4v) is 8.68. The van der Waals surface area contributed by atoms with Gasteiger partial charge in [0.2, 0.25) is 11.8 Å². The van der Waals surface area contributed by atoms with E-state index in [9.17, 15) is 14.9 Å². The predicted octanol–water partition coefficient (Wildman–Crippen LogP) is 3.03. The second-order valence-electron chi connectivity index (χ2n) is 10.6. The molecule has 6 aliphatic rings. The molecule has 2 saturated heterocycles. The largest absolute Gasteiger partial charge is 0.315 e.